The molecule has 0 fully saturated rings. The molecule has 0 radical (unpaired) electrons. The van der Waals surface area contributed by atoms with E-state index in [1.165, 1.54) is 5.56 Å². The van der Waals surface area contributed by atoms with Crippen molar-refractivity contribution in [1.82, 2.24) is 5.32 Å². The summed E-state index contributed by atoms with van der Waals surface area (Å²) in [7, 11) is 0. The largest absolute Gasteiger partial charge is 0.481 e. The van der Waals surface area contributed by atoms with Crippen LogP contribution in [0.5, 0.6) is 5.75 Å². The lowest BCUT2D eigenvalue weighted by Crippen LogP contribution is -2.38. The van der Waals surface area contributed by atoms with Crippen LogP contribution in [0.15, 0.2) is 18.2 Å². The minimum absolute atomic E-state index is 0. The van der Waals surface area contributed by atoms with Crippen molar-refractivity contribution in [2.24, 2.45) is 5.73 Å². The molecule has 1 aromatic rings. The molecule has 0 saturated heterocycles. The van der Waals surface area contributed by atoms with Gasteiger partial charge in [0.05, 0.1) is 0 Å². The van der Waals surface area contributed by atoms with Gasteiger partial charge in [0.1, 0.15) is 5.75 Å². The lowest BCUT2D eigenvalue weighted by atomic mass is 10.0. The van der Waals surface area contributed by atoms with Gasteiger partial charge in [0.15, 0.2) is 6.10 Å². The van der Waals surface area contributed by atoms with E-state index >= 15 is 0 Å². The maximum atomic E-state index is 12.0. The summed E-state index contributed by atoms with van der Waals surface area (Å²) in [4.78, 5) is 12.0. The number of carbonyl (C=O) groups is 1. The van der Waals surface area contributed by atoms with Crippen LogP contribution in [0.4, 0.5) is 0 Å². The molecule has 2 unspecified atom stereocenters. The second-order valence-electron chi connectivity index (χ2n) is 6.00. The molecule has 0 saturated carbocycles. The minimum atomic E-state index is -0.515. The number of ether oxygens (including phenoxy) is 1. The van der Waals surface area contributed by atoms with Crippen LogP contribution in [0.2, 0.25) is 0 Å². The van der Waals surface area contributed by atoms with Gasteiger partial charge in [0.2, 0.25) is 0 Å². The van der Waals surface area contributed by atoms with E-state index in [9.17, 15) is 4.79 Å². The van der Waals surface area contributed by atoms with Crippen LogP contribution in [0.25, 0.3) is 0 Å². The third-order valence-electron chi connectivity index (χ3n) is 3.45. The van der Waals surface area contributed by atoms with Gasteiger partial charge in [0, 0.05) is 12.6 Å². The van der Waals surface area contributed by atoms with Crippen LogP contribution in [0, 0.1) is 6.92 Å². The maximum absolute atomic E-state index is 12.0. The Morgan fingerprint density at radius 2 is 1.91 bits per heavy atom. The molecule has 2 atom stereocenters. The van der Waals surface area contributed by atoms with Gasteiger partial charge in [-0.3, -0.25) is 4.79 Å². The highest BCUT2D eigenvalue weighted by atomic mass is 35.5. The van der Waals surface area contributed by atoms with Crippen molar-refractivity contribution in [3.05, 3.63) is 29.3 Å². The predicted octanol–water partition coefficient (Wildman–Crippen LogP) is 3.16. The van der Waals surface area contributed by atoms with Crippen molar-refractivity contribution >= 4 is 18.3 Å². The number of hydrogen-bond acceptors (Lipinski definition) is 3. The first kappa shape index (κ1) is 20.7. The fraction of sp³-hybridized carbons (Fsp3) is 0.588. The van der Waals surface area contributed by atoms with E-state index in [0.29, 0.717) is 12.5 Å². The highest BCUT2D eigenvalue weighted by Gasteiger charge is 2.16. The first-order valence-corrected chi connectivity index (χ1v) is 7.61. The van der Waals surface area contributed by atoms with Crippen molar-refractivity contribution in [2.45, 2.75) is 59.1 Å². The Kier molecular flexibility index (Phi) is 9.14. The van der Waals surface area contributed by atoms with Gasteiger partial charge in [-0.15, -0.1) is 12.4 Å². The summed E-state index contributed by atoms with van der Waals surface area (Å²) in [6, 6.07) is 6.24. The highest BCUT2D eigenvalue weighted by molar-refractivity contribution is 5.85. The number of amides is 1. The molecule has 0 aliphatic heterocycles. The van der Waals surface area contributed by atoms with Gasteiger partial charge in [-0.2, -0.15) is 0 Å². The van der Waals surface area contributed by atoms with Gasteiger partial charge < -0.3 is 15.8 Å². The van der Waals surface area contributed by atoms with E-state index in [0.717, 1.165) is 17.7 Å². The van der Waals surface area contributed by atoms with E-state index in [1.807, 2.05) is 26.0 Å². The number of nitrogens with two attached hydrogens (primary N) is 1. The van der Waals surface area contributed by atoms with Crippen molar-refractivity contribution in [3.63, 3.8) is 0 Å². The molecule has 0 aliphatic rings. The first-order chi connectivity index (χ1) is 9.81. The van der Waals surface area contributed by atoms with Crippen LogP contribution >= 0.6 is 12.4 Å². The summed E-state index contributed by atoms with van der Waals surface area (Å²) >= 11 is 0. The topological polar surface area (TPSA) is 64.3 Å². The number of nitrogens with one attached hydrogen (secondary N) is 1. The fourth-order valence-corrected chi connectivity index (χ4v) is 1.91. The second kappa shape index (κ2) is 9.70. The Morgan fingerprint density at radius 1 is 1.27 bits per heavy atom. The number of hydrogen-bond donors (Lipinski definition) is 2. The Labute approximate surface area is 140 Å². The van der Waals surface area contributed by atoms with Crippen molar-refractivity contribution < 1.29 is 9.53 Å². The molecule has 0 aliphatic carbocycles. The number of rotatable bonds is 7. The Bertz CT molecular complexity index is 476. The Hall–Kier alpha value is -1.26. The molecular weight excluding hydrogens is 300 g/mol. The summed E-state index contributed by atoms with van der Waals surface area (Å²) in [5, 5.41) is 2.85. The molecule has 1 aromatic carbocycles. The summed E-state index contributed by atoms with van der Waals surface area (Å²) < 4.78 is 5.81. The predicted molar refractivity (Wildman–Crippen MR) is 93.9 cm³/mol. The van der Waals surface area contributed by atoms with Gasteiger partial charge >= 0.3 is 0 Å². The summed E-state index contributed by atoms with van der Waals surface area (Å²) in [6.45, 7) is 10.5. The molecule has 1 rings (SSSR count). The zero-order valence-electron chi connectivity index (χ0n) is 14.2. The van der Waals surface area contributed by atoms with Crippen LogP contribution in [-0.4, -0.2) is 24.6 Å². The Morgan fingerprint density at radius 3 is 2.45 bits per heavy atom. The van der Waals surface area contributed by atoms with Crippen LogP contribution in [0.1, 0.15) is 51.2 Å². The Balaban J connectivity index is 0.00000441. The zero-order chi connectivity index (χ0) is 16.0. The highest BCUT2D eigenvalue weighted by Crippen LogP contribution is 2.25. The first-order valence-electron chi connectivity index (χ1n) is 7.61. The number of carbonyl (C=O) groups excluding carboxylic acids is 1. The van der Waals surface area contributed by atoms with E-state index < -0.39 is 6.10 Å². The zero-order valence-corrected chi connectivity index (χ0v) is 15.0. The smallest absolute Gasteiger partial charge is 0.260 e. The number of aryl methyl sites for hydroxylation is 1. The lowest BCUT2D eigenvalue weighted by molar-refractivity contribution is -0.127. The molecule has 0 spiro atoms. The van der Waals surface area contributed by atoms with Crippen LogP contribution in [-0.2, 0) is 4.79 Å². The van der Waals surface area contributed by atoms with E-state index in [2.05, 4.69) is 25.2 Å². The van der Waals surface area contributed by atoms with Crippen LogP contribution < -0.4 is 15.8 Å². The van der Waals surface area contributed by atoms with Gasteiger partial charge in [-0.25, -0.2) is 0 Å². The van der Waals surface area contributed by atoms with E-state index in [-0.39, 0.29) is 24.4 Å². The van der Waals surface area contributed by atoms with Crippen molar-refractivity contribution in [1.29, 1.82) is 0 Å². The summed E-state index contributed by atoms with van der Waals surface area (Å²) in [5.74, 6) is 1.10. The normalized spacial score (nSPS) is 13.2. The average molecular weight is 329 g/mol. The molecule has 3 N–H and O–H groups in total. The van der Waals surface area contributed by atoms with E-state index in [1.54, 1.807) is 6.92 Å². The molecule has 4 nitrogen and oxygen atoms in total. The van der Waals surface area contributed by atoms with Gasteiger partial charge in [-0.1, -0.05) is 26.0 Å². The molecule has 0 heterocycles. The monoisotopic (exact) mass is 328 g/mol. The maximum Gasteiger partial charge on any atom is 0.260 e. The molecule has 1 amide bonds. The molecular formula is C17H29ClN2O2. The molecule has 126 valence electrons. The number of benzene rings is 1. The summed E-state index contributed by atoms with van der Waals surface area (Å²) in [5.41, 5.74) is 7.91. The fourth-order valence-electron chi connectivity index (χ4n) is 1.91. The quantitative estimate of drug-likeness (QED) is 0.808. The molecule has 22 heavy (non-hydrogen) atoms. The van der Waals surface area contributed by atoms with Gasteiger partial charge in [0.25, 0.3) is 5.91 Å². The second-order valence-corrected chi connectivity index (χ2v) is 6.00. The standard InChI is InChI=1S/C17H28N2O2.ClH/c1-11(2)15-7-6-12(3)16(10-15)21-14(5)17(20)19-9-8-13(4)18;/h6-7,10-11,13-14H,8-9,18H2,1-5H3,(H,19,20);1H. The third kappa shape index (κ3) is 6.67. The average Bonchev–Trinajstić information content (AvgIpc) is 2.40. The SMILES string of the molecule is Cc1ccc(C(C)C)cc1OC(C)C(=O)NCCC(C)N.Cl. The van der Waals surface area contributed by atoms with Crippen molar-refractivity contribution in [3.8, 4) is 5.75 Å². The number of halogens is 1. The summed E-state index contributed by atoms with van der Waals surface area (Å²) in [6.07, 6.45) is 0.250. The third-order valence-corrected chi connectivity index (χ3v) is 3.45. The van der Waals surface area contributed by atoms with Crippen LogP contribution in [0.3, 0.4) is 0 Å². The van der Waals surface area contributed by atoms with Gasteiger partial charge in [-0.05, 0) is 50.3 Å². The minimum Gasteiger partial charge on any atom is -0.481 e. The van der Waals surface area contributed by atoms with E-state index in [4.69, 9.17) is 10.5 Å². The molecule has 0 aromatic heterocycles. The molecule has 5 heteroatoms. The lowest BCUT2D eigenvalue weighted by Gasteiger charge is -2.18. The molecule has 0 bridgehead atoms. The van der Waals surface area contributed by atoms with Crippen molar-refractivity contribution in [2.75, 3.05) is 6.54 Å².